The molecule has 0 aromatic carbocycles. The lowest BCUT2D eigenvalue weighted by Gasteiger charge is -2.18. The molecule has 2 aliphatic rings. The number of nitrogens with one attached hydrogen (secondary N) is 2. The highest BCUT2D eigenvalue weighted by Gasteiger charge is 2.31. The molecule has 1 amide bonds. The molecule has 2 aliphatic carbocycles. The fourth-order valence-electron chi connectivity index (χ4n) is 3.87. The predicted octanol–water partition coefficient (Wildman–Crippen LogP) is 3.37. The van der Waals surface area contributed by atoms with Crippen molar-refractivity contribution in [3.63, 3.8) is 0 Å². The topological polar surface area (TPSA) is 71.3 Å². The molecule has 2 heterocycles. The van der Waals surface area contributed by atoms with E-state index >= 15 is 0 Å². The fraction of sp³-hybridized carbons (Fsp3) is 0.611. The third-order valence-corrected chi connectivity index (χ3v) is 5.70. The van der Waals surface area contributed by atoms with E-state index in [-0.39, 0.29) is 11.9 Å². The van der Waals surface area contributed by atoms with Gasteiger partial charge in [-0.15, -0.1) is 0 Å². The molecular weight excluding hydrogens is 338 g/mol. The maximum absolute atomic E-state index is 11.3. The van der Waals surface area contributed by atoms with Crippen molar-refractivity contribution in [2.24, 2.45) is 5.92 Å². The van der Waals surface area contributed by atoms with Crippen LogP contribution < -0.4 is 10.6 Å². The first-order valence-corrected chi connectivity index (χ1v) is 9.47. The number of anilines is 1. The molecule has 0 aliphatic heterocycles. The molecule has 0 spiro atoms. The Kier molecular flexibility index (Phi) is 4.31. The highest BCUT2D eigenvalue weighted by atomic mass is 35.5. The van der Waals surface area contributed by atoms with E-state index in [4.69, 9.17) is 16.6 Å². The second kappa shape index (κ2) is 6.48. The maximum atomic E-state index is 11.3. The van der Waals surface area contributed by atoms with Gasteiger partial charge < -0.3 is 10.6 Å². The van der Waals surface area contributed by atoms with E-state index in [9.17, 15) is 4.79 Å². The summed E-state index contributed by atoms with van der Waals surface area (Å²) in [6.07, 6.45) is 7.16. The molecule has 25 heavy (non-hydrogen) atoms. The summed E-state index contributed by atoms with van der Waals surface area (Å²) in [5.74, 6) is 2.15. The zero-order valence-corrected chi connectivity index (χ0v) is 15.4. The van der Waals surface area contributed by atoms with E-state index in [1.54, 1.807) is 17.6 Å². The van der Waals surface area contributed by atoms with Gasteiger partial charge in [0.05, 0.1) is 6.20 Å². The number of carbonyl (C=O) groups is 1. The fourth-order valence-corrected chi connectivity index (χ4v) is 4.03. The first kappa shape index (κ1) is 16.6. The highest BCUT2D eigenvalue weighted by Crippen LogP contribution is 2.42. The largest absolute Gasteiger partial charge is 0.367 e. The van der Waals surface area contributed by atoms with Gasteiger partial charge in [-0.25, -0.2) is 4.98 Å². The van der Waals surface area contributed by atoms with E-state index in [2.05, 4.69) is 28.7 Å². The summed E-state index contributed by atoms with van der Waals surface area (Å²) in [4.78, 5) is 16.0. The minimum Gasteiger partial charge on any atom is -0.367 e. The molecule has 2 saturated carbocycles. The summed E-state index contributed by atoms with van der Waals surface area (Å²) >= 11 is 6.29. The number of fused-ring (bicyclic) bond motifs is 1. The molecule has 2 N–H and O–H groups in total. The molecule has 2 aromatic heterocycles. The lowest BCUT2D eigenvalue weighted by molar-refractivity contribution is -0.119. The number of hydrogen-bond acceptors (Lipinski definition) is 4. The Labute approximate surface area is 152 Å². The average Bonchev–Trinajstić information content (AvgIpc) is 3.23. The van der Waals surface area contributed by atoms with Gasteiger partial charge in [-0.1, -0.05) is 18.5 Å². The van der Waals surface area contributed by atoms with Crippen LogP contribution in [-0.4, -0.2) is 32.6 Å². The van der Waals surface area contributed by atoms with E-state index in [1.807, 2.05) is 0 Å². The summed E-state index contributed by atoms with van der Waals surface area (Å²) < 4.78 is 1.79. The third-order valence-electron chi connectivity index (χ3n) is 5.44. The molecule has 0 saturated heterocycles. The molecule has 7 heteroatoms. The van der Waals surface area contributed by atoms with Crippen LogP contribution in [0.15, 0.2) is 12.3 Å². The summed E-state index contributed by atoms with van der Waals surface area (Å²) in [6.45, 7) is 3.82. The van der Waals surface area contributed by atoms with Gasteiger partial charge in [-0.3, -0.25) is 4.79 Å². The minimum absolute atomic E-state index is 0.0383. The summed E-state index contributed by atoms with van der Waals surface area (Å²) in [6, 6.07) is 2.68. The Morgan fingerprint density at radius 2 is 2.08 bits per heavy atom. The Hall–Kier alpha value is -1.82. The minimum atomic E-state index is 0.0383. The van der Waals surface area contributed by atoms with Crippen LogP contribution in [0.3, 0.4) is 0 Å². The standard InChI is InChI=1S/C18H24ClN5O/c1-10(12-3-4-12)16-8-17(24-18(23-16)15(19)9-20-24)22-14-6-5-13(7-14)21-11(2)25/h8-10,12-14,22H,3-7H2,1-2H3,(H,21,25)/t10?,13-,14-/m0/s1. The first-order valence-electron chi connectivity index (χ1n) is 9.09. The van der Waals surface area contributed by atoms with Crippen LogP contribution in [0.2, 0.25) is 5.02 Å². The Morgan fingerprint density at radius 3 is 2.80 bits per heavy atom. The van der Waals surface area contributed by atoms with Gasteiger partial charge in [-0.2, -0.15) is 9.61 Å². The van der Waals surface area contributed by atoms with E-state index in [0.717, 1.165) is 36.7 Å². The monoisotopic (exact) mass is 361 g/mol. The number of hydrogen-bond donors (Lipinski definition) is 2. The van der Waals surface area contributed by atoms with Crippen LogP contribution in [0.5, 0.6) is 0 Å². The molecule has 2 aromatic rings. The Balaban J connectivity index is 1.59. The van der Waals surface area contributed by atoms with Crippen molar-refractivity contribution in [3.05, 3.63) is 23.0 Å². The second-order valence-corrected chi connectivity index (χ2v) is 7.88. The molecule has 0 bridgehead atoms. The molecule has 4 rings (SSSR count). The van der Waals surface area contributed by atoms with Crippen molar-refractivity contribution in [1.82, 2.24) is 19.9 Å². The quantitative estimate of drug-likeness (QED) is 0.856. The summed E-state index contributed by atoms with van der Waals surface area (Å²) in [5, 5.41) is 11.6. The summed E-state index contributed by atoms with van der Waals surface area (Å²) in [5.41, 5.74) is 1.79. The smallest absolute Gasteiger partial charge is 0.217 e. The van der Waals surface area contributed by atoms with E-state index < -0.39 is 0 Å². The number of carbonyl (C=O) groups excluding carboxylic acids is 1. The Bertz CT molecular complexity index is 800. The predicted molar refractivity (Wildman–Crippen MR) is 98.0 cm³/mol. The Morgan fingerprint density at radius 1 is 1.32 bits per heavy atom. The molecule has 1 unspecified atom stereocenters. The van der Waals surface area contributed by atoms with Crippen LogP contribution in [0.4, 0.5) is 5.82 Å². The molecule has 0 radical (unpaired) electrons. The van der Waals surface area contributed by atoms with Crippen LogP contribution in [0.1, 0.15) is 57.6 Å². The molecule has 2 fully saturated rings. The van der Waals surface area contributed by atoms with Gasteiger partial charge in [0.25, 0.3) is 0 Å². The van der Waals surface area contributed by atoms with E-state index in [0.29, 0.717) is 22.6 Å². The van der Waals surface area contributed by atoms with Gasteiger partial charge in [0, 0.05) is 36.7 Å². The number of nitrogens with zero attached hydrogens (tertiary/aromatic N) is 3. The van der Waals surface area contributed by atoms with Gasteiger partial charge in [0.1, 0.15) is 10.8 Å². The van der Waals surface area contributed by atoms with Crippen molar-refractivity contribution in [3.8, 4) is 0 Å². The van der Waals surface area contributed by atoms with Crippen molar-refractivity contribution < 1.29 is 4.79 Å². The van der Waals surface area contributed by atoms with Crippen LogP contribution in [0, 0.1) is 5.92 Å². The van der Waals surface area contributed by atoms with Crippen molar-refractivity contribution >= 4 is 29.0 Å². The maximum Gasteiger partial charge on any atom is 0.217 e. The second-order valence-electron chi connectivity index (χ2n) is 7.47. The molecule has 134 valence electrons. The first-order chi connectivity index (χ1) is 12.0. The molecule has 6 nitrogen and oxygen atoms in total. The van der Waals surface area contributed by atoms with Gasteiger partial charge >= 0.3 is 0 Å². The average molecular weight is 362 g/mol. The number of amides is 1. The number of halogens is 1. The number of aromatic nitrogens is 3. The van der Waals surface area contributed by atoms with Crippen molar-refractivity contribution in [2.45, 2.75) is 64.0 Å². The van der Waals surface area contributed by atoms with Crippen LogP contribution >= 0.6 is 11.6 Å². The molecular formula is C18H24ClN5O. The van der Waals surface area contributed by atoms with Crippen LogP contribution in [0.25, 0.3) is 5.65 Å². The van der Waals surface area contributed by atoms with Crippen molar-refractivity contribution in [2.75, 3.05) is 5.32 Å². The van der Waals surface area contributed by atoms with Gasteiger partial charge in [0.2, 0.25) is 5.91 Å². The van der Waals surface area contributed by atoms with Crippen molar-refractivity contribution in [1.29, 1.82) is 0 Å². The zero-order chi connectivity index (χ0) is 17.6. The highest BCUT2D eigenvalue weighted by molar-refractivity contribution is 6.33. The zero-order valence-electron chi connectivity index (χ0n) is 14.6. The van der Waals surface area contributed by atoms with E-state index in [1.165, 1.54) is 12.8 Å². The van der Waals surface area contributed by atoms with Gasteiger partial charge in [0.15, 0.2) is 5.65 Å². The summed E-state index contributed by atoms with van der Waals surface area (Å²) in [7, 11) is 0. The molecule has 3 atom stereocenters. The third kappa shape index (κ3) is 3.45. The lowest BCUT2D eigenvalue weighted by Crippen LogP contribution is -2.32. The number of rotatable bonds is 5. The van der Waals surface area contributed by atoms with Gasteiger partial charge in [-0.05, 0) is 38.0 Å². The SMILES string of the molecule is CC(=O)N[C@H]1CC[C@H](Nc2cc(C(C)C3CC3)nc3c(Cl)cnn23)C1. The van der Waals surface area contributed by atoms with Crippen LogP contribution in [-0.2, 0) is 4.79 Å². The normalized spacial score (nSPS) is 24.4. The lowest BCUT2D eigenvalue weighted by atomic mass is 10.0.